The van der Waals surface area contributed by atoms with Crippen molar-refractivity contribution in [2.24, 2.45) is 0 Å². The molecule has 1 unspecified atom stereocenters. The first-order chi connectivity index (χ1) is 10.1. The van der Waals surface area contributed by atoms with Gasteiger partial charge in [0.1, 0.15) is 0 Å². The highest BCUT2D eigenvalue weighted by molar-refractivity contribution is 5.96. The molecule has 0 aliphatic heterocycles. The molecule has 0 radical (unpaired) electrons. The van der Waals surface area contributed by atoms with Gasteiger partial charge >= 0.3 is 0 Å². The second-order valence-electron chi connectivity index (χ2n) is 4.87. The SMILES string of the molecule is Cc1cccc(C(=O)NCC(=O)NC(C)c2cn[nH]c2)c1. The van der Waals surface area contributed by atoms with Crippen LogP contribution in [0.5, 0.6) is 0 Å². The molecule has 0 aliphatic rings. The van der Waals surface area contributed by atoms with Crippen LogP contribution < -0.4 is 10.6 Å². The van der Waals surface area contributed by atoms with E-state index in [1.165, 1.54) is 0 Å². The number of carbonyl (C=O) groups is 2. The highest BCUT2D eigenvalue weighted by Gasteiger charge is 2.12. The minimum absolute atomic E-state index is 0.0605. The molecule has 0 bridgehead atoms. The summed E-state index contributed by atoms with van der Waals surface area (Å²) in [6, 6.07) is 7.06. The molecule has 6 nitrogen and oxygen atoms in total. The van der Waals surface area contributed by atoms with Gasteiger partial charge in [-0.15, -0.1) is 0 Å². The lowest BCUT2D eigenvalue weighted by Gasteiger charge is -2.12. The van der Waals surface area contributed by atoms with Gasteiger partial charge in [-0.05, 0) is 26.0 Å². The summed E-state index contributed by atoms with van der Waals surface area (Å²) in [7, 11) is 0. The molecule has 3 N–H and O–H groups in total. The van der Waals surface area contributed by atoms with E-state index >= 15 is 0 Å². The molecule has 6 heteroatoms. The summed E-state index contributed by atoms with van der Waals surface area (Å²) in [5.41, 5.74) is 2.43. The number of benzene rings is 1. The van der Waals surface area contributed by atoms with Gasteiger partial charge < -0.3 is 10.6 Å². The molecule has 110 valence electrons. The van der Waals surface area contributed by atoms with E-state index < -0.39 is 0 Å². The zero-order valence-electron chi connectivity index (χ0n) is 12.0. The highest BCUT2D eigenvalue weighted by atomic mass is 16.2. The minimum atomic E-state index is -0.259. The Morgan fingerprint density at radius 2 is 2.19 bits per heavy atom. The van der Waals surface area contributed by atoms with Crippen LogP contribution in [0.3, 0.4) is 0 Å². The van der Waals surface area contributed by atoms with E-state index in [4.69, 9.17) is 0 Å². The van der Waals surface area contributed by atoms with E-state index in [1.54, 1.807) is 24.5 Å². The molecule has 0 aliphatic carbocycles. The van der Waals surface area contributed by atoms with Gasteiger partial charge in [0.05, 0.1) is 18.8 Å². The van der Waals surface area contributed by atoms with Crippen LogP contribution in [0.4, 0.5) is 0 Å². The van der Waals surface area contributed by atoms with Crippen LogP contribution in [0.25, 0.3) is 0 Å². The summed E-state index contributed by atoms with van der Waals surface area (Å²) < 4.78 is 0. The third kappa shape index (κ3) is 4.17. The second kappa shape index (κ2) is 6.69. The number of H-pyrrole nitrogens is 1. The Labute approximate surface area is 122 Å². The number of amides is 2. The first-order valence-electron chi connectivity index (χ1n) is 6.69. The molecule has 0 saturated heterocycles. The fraction of sp³-hybridized carbons (Fsp3) is 0.267. The molecule has 0 fully saturated rings. The van der Waals surface area contributed by atoms with Crippen molar-refractivity contribution >= 4 is 11.8 Å². The quantitative estimate of drug-likeness (QED) is 0.775. The molecule has 2 rings (SSSR count). The van der Waals surface area contributed by atoms with Crippen LogP contribution in [-0.2, 0) is 4.79 Å². The topological polar surface area (TPSA) is 86.9 Å². The Balaban J connectivity index is 1.82. The maximum Gasteiger partial charge on any atom is 0.251 e. The van der Waals surface area contributed by atoms with Gasteiger partial charge in [0, 0.05) is 17.3 Å². The standard InChI is InChI=1S/C15H18N4O2/c1-10-4-3-5-12(6-10)15(21)16-9-14(20)19-11(2)13-7-17-18-8-13/h3-8,11H,9H2,1-2H3,(H,16,21)(H,17,18)(H,19,20). The minimum Gasteiger partial charge on any atom is -0.348 e. The predicted octanol–water partition coefficient (Wildman–Crippen LogP) is 1.33. The molecule has 21 heavy (non-hydrogen) atoms. The van der Waals surface area contributed by atoms with Gasteiger partial charge in [-0.3, -0.25) is 14.7 Å². The van der Waals surface area contributed by atoms with Crippen molar-refractivity contribution in [3.63, 3.8) is 0 Å². The van der Waals surface area contributed by atoms with Gasteiger partial charge in [0.2, 0.25) is 5.91 Å². The number of hydrogen-bond donors (Lipinski definition) is 3. The van der Waals surface area contributed by atoms with Gasteiger partial charge in [-0.1, -0.05) is 17.7 Å². The van der Waals surface area contributed by atoms with Crippen LogP contribution in [-0.4, -0.2) is 28.6 Å². The first kappa shape index (κ1) is 14.8. The van der Waals surface area contributed by atoms with Crippen molar-refractivity contribution in [1.82, 2.24) is 20.8 Å². The van der Waals surface area contributed by atoms with E-state index in [1.807, 2.05) is 26.0 Å². The smallest absolute Gasteiger partial charge is 0.251 e. The summed E-state index contributed by atoms with van der Waals surface area (Å²) in [6.07, 6.45) is 3.37. The number of aromatic amines is 1. The average molecular weight is 286 g/mol. The lowest BCUT2D eigenvalue weighted by molar-refractivity contribution is -0.120. The second-order valence-corrected chi connectivity index (χ2v) is 4.87. The van der Waals surface area contributed by atoms with Crippen molar-refractivity contribution in [2.75, 3.05) is 6.54 Å². The Morgan fingerprint density at radius 1 is 1.38 bits per heavy atom. The van der Waals surface area contributed by atoms with E-state index in [9.17, 15) is 9.59 Å². The molecule has 0 saturated carbocycles. The lowest BCUT2D eigenvalue weighted by atomic mass is 10.1. The zero-order chi connectivity index (χ0) is 15.2. The summed E-state index contributed by atoms with van der Waals surface area (Å²) in [5, 5.41) is 11.9. The van der Waals surface area contributed by atoms with Crippen molar-refractivity contribution in [2.45, 2.75) is 19.9 Å². The normalized spacial score (nSPS) is 11.7. The Bertz CT molecular complexity index is 622. The predicted molar refractivity (Wildman–Crippen MR) is 78.7 cm³/mol. The number of aryl methyl sites for hydroxylation is 1. The van der Waals surface area contributed by atoms with Crippen LogP contribution >= 0.6 is 0 Å². The Hall–Kier alpha value is -2.63. The van der Waals surface area contributed by atoms with E-state index in [0.717, 1.165) is 11.1 Å². The van der Waals surface area contributed by atoms with Crippen molar-refractivity contribution in [3.8, 4) is 0 Å². The van der Waals surface area contributed by atoms with Crippen molar-refractivity contribution in [3.05, 3.63) is 53.3 Å². The fourth-order valence-corrected chi connectivity index (χ4v) is 1.92. The van der Waals surface area contributed by atoms with Crippen molar-refractivity contribution < 1.29 is 9.59 Å². The highest BCUT2D eigenvalue weighted by Crippen LogP contribution is 2.08. The largest absolute Gasteiger partial charge is 0.348 e. The van der Waals surface area contributed by atoms with E-state index in [2.05, 4.69) is 20.8 Å². The number of carbonyl (C=O) groups excluding carboxylic acids is 2. The van der Waals surface area contributed by atoms with Gasteiger partial charge in [-0.25, -0.2) is 0 Å². The average Bonchev–Trinajstić information content (AvgIpc) is 2.99. The van der Waals surface area contributed by atoms with Crippen LogP contribution in [0.2, 0.25) is 0 Å². The number of rotatable bonds is 5. The summed E-state index contributed by atoms with van der Waals surface area (Å²) in [5.74, 6) is -0.505. The van der Waals surface area contributed by atoms with Crippen LogP contribution in [0, 0.1) is 6.92 Å². The maximum absolute atomic E-state index is 11.9. The Kier molecular flexibility index (Phi) is 4.71. The molecule has 0 spiro atoms. The third-order valence-electron chi connectivity index (χ3n) is 3.09. The molecule has 1 aromatic carbocycles. The van der Waals surface area contributed by atoms with E-state index in [-0.39, 0.29) is 24.4 Å². The Morgan fingerprint density at radius 3 is 2.86 bits per heavy atom. The van der Waals surface area contributed by atoms with E-state index in [0.29, 0.717) is 5.56 Å². The third-order valence-corrected chi connectivity index (χ3v) is 3.09. The number of aromatic nitrogens is 2. The van der Waals surface area contributed by atoms with Gasteiger partial charge in [0.25, 0.3) is 5.91 Å². The molecule has 1 heterocycles. The van der Waals surface area contributed by atoms with Crippen LogP contribution in [0.1, 0.15) is 34.5 Å². The molecular formula is C15H18N4O2. The summed E-state index contributed by atoms with van der Waals surface area (Å²) in [4.78, 5) is 23.7. The molecule has 1 atom stereocenters. The van der Waals surface area contributed by atoms with Crippen LogP contribution in [0.15, 0.2) is 36.7 Å². The first-order valence-corrected chi connectivity index (χ1v) is 6.69. The molecular weight excluding hydrogens is 268 g/mol. The summed E-state index contributed by atoms with van der Waals surface area (Å²) >= 11 is 0. The molecule has 2 amide bonds. The van der Waals surface area contributed by atoms with Gasteiger partial charge in [0.15, 0.2) is 0 Å². The zero-order valence-corrected chi connectivity index (χ0v) is 12.0. The molecule has 1 aromatic heterocycles. The van der Waals surface area contributed by atoms with Crippen molar-refractivity contribution in [1.29, 1.82) is 0 Å². The number of nitrogens with zero attached hydrogens (tertiary/aromatic N) is 1. The number of nitrogens with one attached hydrogen (secondary N) is 3. The lowest BCUT2D eigenvalue weighted by Crippen LogP contribution is -2.37. The number of hydrogen-bond acceptors (Lipinski definition) is 3. The van der Waals surface area contributed by atoms with Gasteiger partial charge in [-0.2, -0.15) is 5.10 Å². The fourth-order valence-electron chi connectivity index (χ4n) is 1.92. The molecule has 2 aromatic rings. The summed E-state index contributed by atoms with van der Waals surface area (Å²) in [6.45, 7) is 3.70. The monoisotopic (exact) mass is 286 g/mol. The maximum atomic E-state index is 11.9.